The zero-order chi connectivity index (χ0) is 11.5. The van der Waals surface area contributed by atoms with E-state index < -0.39 is 0 Å². The number of rotatable bonds is 4. The zero-order valence-electron chi connectivity index (χ0n) is 10.5. The van der Waals surface area contributed by atoms with Gasteiger partial charge in [0.1, 0.15) is 0 Å². The van der Waals surface area contributed by atoms with Crippen molar-refractivity contribution in [3.05, 3.63) is 11.9 Å². The van der Waals surface area contributed by atoms with E-state index in [-0.39, 0.29) is 0 Å². The largest absolute Gasteiger partial charge is 0.309 e. The van der Waals surface area contributed by atoms with Gasteiger partial charge in [-0.25, -0.2) is 0 Å². The molecule has 0 radical (unpaired) electrons. The van der Waals surface area contributed by atoms with Gasteiger partial charge in [0, 0.05) is 7.05 Å². The van der Waals surface area contributed by atoms with Gasteiger partial charge >= 0.3 is 0 Å². The number of aryl methyl sites for hydroxylation is 1. The van der Waals surface area contributed by atoms with Crippen molar-refractivity contribution >= 4 is 0 Å². The van der Waals surface area contributed by atoms with Gasteiger partial charge in [-0.1, -0.05) is 31.9 Å². The van der Waals surface area contributed by atoms with Crippen molar-refractivity contribution in [1.29, 1.82) is 0 Å². The number of nitrogens with one attached hydrogen (secondary N) is 1. The van der Waals surface area contributed by atoms with E-state index in [1.807, 2.05) is 17.9 Å². The Bertz CT molecular complexity index is 334. The fourth-order valence-electron chi connectivity index (χ4n) is 2.94. The van der Waals surface area contributed by atoms with Crippen LogP contribution >= 0.6 is 0 Å². The Morgan fingerprint density at radius 1 is 1.56 bits per heavy atom. The van der Waals surface area contributed by atoms with Crippen molar-refractivity contribution in [3.8, 4) is 0 Å². The van der Waals surface area contributed by atoms with Gasteiger partial charge in [0.2, 0.25) is 0 Å². The van der Waals surface area contributed by atoms with Crippen LogP contribution in [0.5, 0.6) is 0 Å². The molecule has 1 aromatic heterocycles. The summed E-state index contributed by atoms with van der Waals surface area (Å²) in [6.45, 7) is 5.53. The molecule has 0 amide bonds. The number of hydrogen-bond donors (Lipinski definition) is 1. The second kappa shape index (κ2) is 4.95. The Morgan fingerprint density at radius 2 is 2.38 bits per heavy atom. The van der Waals surface area contributed by atoms with Gasteiger partial charge in [0.05, 0.1) is 17.9 Å². The molecule has 1 aliphatic rings. The monoisotopic (exact) mass is 222 g/mol. The van der Waals surface area contributed by atoms with Crippen molar-refractivity contribution in [2.75, 3.05) is 6.54 Å². The second-order valence-corrected chi connectivity index (χ2v) is 4.89. The predicted molar refractivity (Wildman–Crippen MR) is 63.9 cm³/mol. The summed E-state index contributed by atoms with van der Waals surface area (Å²) in [4.78, 5) is 0. The molecule has 1 aromatic rings. The normalized spacial score (nSPS) is 27.2. The van der Waals surface area contributed by atoms with Crippen LogP contribution < -0.4 is 5.32 Å². The molecule has 4 heteroatoms. The molecule has 1 heterocycles. The molecule has 1 aliphatic carbocycles. The molecule has 2 rings (SSSR count). The van der Waals surface area contributed by atoms with E-state index in [0.29, 0.717) is 6.04 Å². The van der Waals surface area contributed by atoms with E-state index in [4.69, 9.17) is 0 Å². The highest BCUT2D eigenvalue weighted by molar-refractivity contribution is 5.05. The molecular formula is C12H22N4. The third-order valence-electron chi connectivity index (χ3n) is 3.85. The topological polar surface area (TPSA) is 42.7 Å². The van der Waals surface area contributed by atoms with Gasteiger partial charge in [0.25, 0.3) is 0 Å². The summed E-state index contributed by atoms with van der Waals surface area (Å²) < 4.78 is 1.90. The van der Waals surface area contributed by atoms with E-state index >= 15 is 0 Å². The van der Waals surface area contributed by atoms with Crippen LogP contribution in [0.25, 0.3) is 0 Å². The van der Waals surface area contributed by atoms with Gasteiger partial charge < -0.3 is 5.32 Å². The zero-order valence-corrected chi connectivity index (χ0v) is 10.5. The molecule has 1 N–H and O–H groups in total. The molecule has 3 unspecified atom stereocenters. The number of hydrogen-bond acceptors (Lipinski definition) is 3. The van der Waals surface area contributed by atoms with Gasteiger partial charge in [-0.05, 0) is 24.8 Å². The predicted octanol–water partition coefficient (Wildman–Crippen LogP) is 1.90. The second-order valence-electron chi connectivity index (χ2n) is 4.89. The first-order valence-corrected chi connectivity index (χ1v) is 6.32. The van der Waals surface area contributed by atoms with Crippen LogP contribution in [-0.2, 0) is 7.05 Å². The highest BCUT2D eigenvalue weighted by atomic mass is 15.4. The molecule has 0 bridgehead atoms. The molecule has 1 fully saturated rings. The SMILES string of the molecule is CCNC(c1cnnn1C)C1CCCC1C. The Hall–Kier alpha value is -0.900. The minimum Gasteiger partial charge on any atom is -0.309 e. The minimum atomic E-state index is 0.419. The van der Waals surface area contributed by atoms with Gasteiger partial charge in [-0.15, -0.1) is 5.10 Å². The maximum Gasteiger partial charge on any atom is 0.0756 e. The molecular weight excluding hydrogens is 200 g/mol. The van der Waals surface area contributed by atoms with E-state index in [2.05, 4.69) is 29.5 Å². The Kier molecular flexibility index (Phi) is 3.59. The first-order chi connectivity index (χ1) is 7.74. The van der Waals surface area contributed by atoms with E-state index in [0.717, 1.165) is 18.4 Å². The Morgan fingerprint density at radius 3 is 2.88 bits per heavy atom. The van der Waals surface area contributed by atoms with Crippen LogP contribution in [0, 0.1) is 11.8 Å². The van der Waals surface area contributed by atoms with Crippen LogP contribution in [-0.4, -0.2) is 21.5 Å². The quantitative estimate of drug-likeness (QED) is 0.846. The van der Waals surface area contributed by atoms with Gasteiger partial charge in [0.15, 0.2) is 0 Å². The lowest BCUT2D eigenvalue weighted by atomic mass is 9.88. The maximum absolute atomic E-state index is 4.04. The van der Waals surface area contributed by atoms with Gasteiger partial charge in [-0.3, -0.25) is 4.68 Å². The molecule has 4 nitrogen and oxygen atoms in total. The van der Waals surface area contributed by atoms with Crippen molar-refractivity contribution in [3.63, 3.8) is 0 Å². The third-order valence-corrected chi connectivity index (χ3v) is 3.85. The first kappa shape index (κ1) is 11.6. The lowest BCUT2D eigenvalue weighted by Crippen LogP contribution is -2.31. The standard InChI is InChI=1S/C12H22N4/c1-4-13-12(10-7-5-6-9(10)2)11-8-14-15-16(11)3/h8-10,12-13H,4-7H2,1-3H3. The molecule has 90 valence electrons. The van der Waals surface area contributed by atoms with Crippen LogP contribution in [0.4, 0.5) is 0 Å². The molecule has 0 spiro atoms. The first-order valence-electron chi connectivity index (χ1n) is 6.32. The van der Waals surface area contributed by atoms with Crippen molar-refractivity contribution < 1.29 is 0 Å². The fraction of sp³-hybridized carbons (Fsp3) is 0.833. The van der Waals surface area contributed by atoms with Gasteiger partial charge in [-0.2, -0.15) is 0 Å². The van der Waals surface area contributed by atoms with Crippen LogP contribution in [0.1, 0.15) is 44.8 Å². The Labute approximate surface area is 97.4 Å². The molecule has 0 saturated heterocycles. The summed E-state index contributed by atoms with van der Waals surface area (Å²) in [7, 11) is 1.98. The van der Waals surface area contributed by atoms with Crippen molar-refractivity contribution in [2.45, 2.75) is 39.2 Å². The fourth-order valence-corrected chi connectivity index (χ4v) is 2.94. The smallest absolute Gasteiger partial charge is 0.0756 e. The molecule has 3 atom stereocenters. The summed E-state index contributed by atoms with van der Waals surface area (Å²) in [5, 5.41) is 11.6. The van der Waals surface area contributed by atoms with Crippen LogP contribution in [0.2, 0.25) is 0 Å². The highest BCUT2D eigenvalue weighted by Crippen LogP contribution is 2.39. The average Bonchev–Trinajstić information content (AvgIpc) is 2.84. The molecule has 1 saturated carbocycles. The summed E-state index contributed by atoms with van der Waals surface area (Å²) in [6.07, 6.45) is 5.94. The van der Waals surface area contributed by atoms with E-state index in [1.165, 1.54) is 25.0 Å². The summed E-state index contributed by atoms with van der Waals surface area (Å²) in [5.74, 6) is 1.54. The minimum absolute atomic E-state index is 0.419. The highest BCUT2D eigenvalue weighted by Gasteiger charge is 2.32. The van der Waals surface area contributed by atoms with Crippen LogP contribution in [0.15, 0.2) is 6.20 Å². The van der Waals surface area contributed by atoms with E-state index in [1.54, 1.807) is 0 Å². The summed E-state index contributed by atoms with van der Waals surface area (Å²) >= 11 is 0. The summed E-state index contributed by atoms with van der Waals surface area (Å²) in [6, 6.07) is 0.419. The van der Waals surface area contributed by atoms with Crippen LogP contribution in [0.3, 0.4) is 0 Å². The lowest BCUT2D eigenvalue weighted by molar-refractivity contribution is 0.294. The van der Waals surface area contributed by atoms with E-state index in [9.17, 15) is 0 Å². The van der Waals surface area contributed by atoms with Crippen molar-refractivity contribution in [1.82, 2.24) is 20.3 Å². The average molecular weight is 222 g/mol. The molecule has 16 heavy (non-hydrogen) atoms. The number of aromatic nitrogens is 3. The third kappa shape index (κ3) is 2.12. The number of nitrogens with zero attached hydrogens (tertiary/aromatic N) is 3. The summed E-state index contributed by atoms with van der Waals surface area (Å²) in [5.41, 5.74) is 1.22. The Balaban J connectivity index is 2.20. The van der Waals surface area contributed by atoms with Crippen molar-refractivity contribution in [2.24, 2.45) is 18.9 Å². The lowest BCUT2D eigenvalue weighted by Gasteiger charge is -2.27. The maximum atomic E-state index is 4.04. The molecule has 0 aliphatic heterocycles. The molecule has 0 aromatic carbocycles.